The fourth-order valence-corrected chi connectivity index (χ4v) is 1.02. The van der Waals surface area contributed by atoms with E-state index >= 15 is 0 Å². The second-order valence-corrected chi connectivity index (χ2v) is 2.63. The first-order valence-electron chi connectivity index (χ1n) is 3.84. The van der Waals surface area contributed by atoms with Crippen molar-refractivity contribution < 1.29 is 9.47 Å². The number of nitrogen functional groups attached to an aromatic ring is 1. The molecule has 5 nitrogen and oxygen atoms in total. The van der Waals surface area contributed by atoms with Crippen LogP contribution in [0.25, 0.3) is 0 Å². The van der Waals surface area contributed by atoms with Crippen molar-refractivity contribution in [1.82, 2.24) is 10.2 Å². The average Bonchev–Trinajstić information content (AvgIpc) is 2.10. The number of ether oxygens (including phenoxy) is 2. The Morgan fingerprint density at radius 3 is 2.38 bits per heavy atom. The van der Waals surface area contributed by atoms with Crippen LogP contribution < -0.4 is 5.73 Å². The number of rotatable bonds is 3. The molecule has 13 heavy (non-hydrogen) atoms. The maximum absolute atomic E-state index is 5.71. The van der Waals surface area contributed by atoms with Crippen molar-refractivity contribution >= 4 is 5.69 Å². The minimum absolute atomic E-state index is 0.510. The molecule has 0 aromatic carbocycles. The quantitative estimate of drug-likeness (QED) is 0.697. The smallest absolute Gasteiger partial charge is 0.204 e. The van der Waals surface area contributed by atoms with Crippen molar-refractivity contribution in [3.63, 3.8) is 0 Å². The molecule has 0 radical (unpaired) electrons. The largest absolute Gasteiger partial charge is 0.397 e. The van der Waals surface area contributed by atoms with E-state index in [9.17, 15) is 0 Å². The minimum atomic E-state index is -0.548. The predicted octanol–water partition coefficient (Wildman–Crippen LogP) is 0.659. The lowest BCUT2D eigenvalue weighted by molar-refractivity contribution is -0.108. The third-order valence-electron chi connectivity index (χ3n) is 1.63. The van der Waals surface area contributed by atoms with Crippen molar-refractivity contribution in [2.24, 2.45) is 0 Å². The maximum atomic E-state index is 5.71. The van der Waals surface area contributed by atoms with E-state index in [1.807, 2.05) is 6.92 Å². The van der Waals surface area contributed by atoms with E-state index in [-0.39, 0.29) is 0 Å². The Balaban J connectivity index is 2.99. The van der Waals surface area contributed by atoms with Gasteiger partial charge in [0.25, 0.3) is 0 Å². The van der Waals surface area contributed by atoms with Gasteiger partial charge in [-0.25, -0.2) is 0 Å². The third-order valence-corrected chi connectivity index (χ3v) is 1.63. The minimum Gasteiger partial charge on any atom is -0.397 e. The highest BCUT2D eigenvalue weighted by molar-refractivity contribution is 5.43. The standard InChI is InChI=1S/C8H13N3O2/c1-5-4-6(9)7(11-10-5)8(12-2)13-3/h4,8H,1-3H3,(H2,9,10). The monoisotopic (exact) mass is 183 g/mol. The van der Waals surface area contributed by atoms with Crippen LogP contribution in [0.1, 0.15) is 17.7 Å². The summed E-state index contributed by atoms with van der Waals surface area (Å²) >= 11 is 0. The molecular weight excluding hydrogens is 170 g/mol. The predicted molar refractivity (Wildman–Crippen MR) is 47.9 cm³/mol. The Labute approximate surface area is 76.9 Å². The summed E-state index contributed by atoms with van der Waals surface area (Å²) in [6.07, 6.45) is -0.548. The number of hydrogen-bond donors (Lipinski definition) is 1. The summed E-state index contributed by atoms with van der Waals surface area (Å²) in [6, 6.07) is 1.73. The summed E-state index contributed by atoms with van der Waals surface area (Å²) in [7, 11) is 3.05. The van der Waals surface area contributed by atoms with Crippen molar-refractivity contribution in [2.45, 2.75) is 13.2 Å². The van der Waals surface area contributed by atoms with Gasteiger partial charge in [-0.15, -0.1) is 5.10 Å². The summed E-state index contributed by atoms with van der Waals surface area (Å²) in [5.74, 6) is 0. The van der Waals surface area contributed by atoms with Gasteiger partial charge in [0, 0.05) is 14.2 Å². The van der Waals surface area contributed by atoms with Crippen molar-refractivity contribution in [1.29, 1.82) is 0 Å². The molecule has 0 spiro atoms. The number of methoxy groups -OCH3 is 2. The summed E-state index contributed by atoms with van der Waals surface area (Å²) < 4.78 is 10.0. The highest BCUT2D eigenvalue weighted by atomic mass is 16.7. The van der Waals surface area contributed by atoms with Crippen LogP contribution in [0.5, 0.6) is 0 Å². The van der Waals surface area contributed by atoms with Gasteiger partial charge < -0.3 is 15.2 Å². The fourth-order valence-electron chi connectivity index (χ4n) is 1.02. The first-order chi connectivity index (χ1) is 6.19. The molecule has 1 rings (SSSR count). The molecule has 72 valence electrons. The van der Waals surface area contributed by atoms with Gasteiger partial charge in [-0.05, 0) is 13.0 Å². The second-order valence-electron chi connectivity index (χ2n) is 2.63. The first kappa shape index (κ1) is 9.88. The first-order valence-corrected chi connectivity index (χ1v) is 3.84. The van der Waals surface area contributed by atoms with Crippen LogP contribution in [0.3, 0.4) is 0 Å². The molecule has 1 aromatic rings. The van der Waals surface area contributed by atoms with E-state index in [4.69, 9.17) is 15.2 Å². The van der Waals surface area contributed by atoms with Crippen LogP contribution in [-0.4, -0.2) is 24.4 Å². The highest BCUT2D eigenvalue weighted by Gasteiger charge is 2.14. The molecule has 0 saturated carbocycles. The van der Waals surface area contributed by atoms with Crippen LogP contribution in [0, 0.1) is 6.92 Å². The molecule has 1 aromatic heterocycles. The number of hydrogen-bond acceptors (Lipinski definition) is 5. The molecule has 0 bridgehead atoms. The van der Waals surface area contributed by atoms with Crippen LogP contribution in [0.2, 0.25) is 0 Å². The number of nitrogens with zero attached hydrogens (tertiary/aromatic N) is 2. The molecule has 5 heteroatoms. The second kappa shape index (κ2) is 4.15. The normalized spacial score (nSPS) is 10.8. The topological polar surface area (TPSA) is 70.3 Å². The Hall–Kier alpha value is -1.20. The van der Waals surface area contributed by atoms with Gasteiger partial charge in [0.1, 0.15) is 5.69 Å². The van der Waals surface area contributed by atoms with E-state index in [1.54, 1.807) is 6.07 Å². The zero-order valence-electron chi connectivity index (χ0n) is 7.94. The van der Waals surface area contributed by atoms with E-state index < -0.39 is 6.29 Å². The van der Waals surface area contributed by atoms with Gasteiger partial charge in [-0.3, -0.25) is 0 Å². The van der Waals surface area contributed by atoms with Crippen LogP contribution >= 0.6 is 0 Å². The zero-order valence-corrected chi connectivity index (χ0v) is 7.94. The van der Waals surface area contributed by atoms with E-state index in [2.05, 4.69) is 10.2 Å². The number of nitrogens with two attached hydrogens (primary N) is 1. The number of aromatic nitrogens is 2. The van der Waals surface area contributed by atoms with Crippen molar-refractivity contribution in [3.8, 4) is 0 Å². The van der Waals surface area contributed by atoms with Crippen LogP contribution in [-0.2, 0) is 9.47 Å². The lowest BCUT2D eigenvalue weighted by Crippen LogP contribution is -2.10. The Bertz CT molecular complexity index is 287. The van der Waals surface area contributed by atoms with Crippen molar-refractivity contribution in [3.05, 3.63) is 17.5 Å². The van der Waals surface area contributed by atoms with Gasteiger partial charge in [0.05, 0.1) is 11.4 Å². The van der Waals surface area contributed by atoms with Gasteiger partial charge in [-0.1, -0.05) is 0 Å². The van der Waals surface area contributed by atoms with E-state index in [0.29, 0.717) is 11.4 Å². The highest BCUT2D eigenvalue weighted by Crippen LogP contribution is 2.20. The molecule has 0 unspecified atom stereocenters. The van der Waals surface area contributed by atoms with Gasteiger partial charge in [0.2, 0.25) is 6.29 Å². The molecule has 0 saturated heterocycles. The summed E-state index contributed by atoms with van der Waals surface area (Å²) in [6.45, 7) is 1.82. The SMILES string of the molecule is COC(OC)c1nnc(C)cc1N. The Morgan fingerprint density at radius 2 is 1.92 bits per heavy atom. The number of aryl methyl sites for hydroxylation is 1. The Kier molecular flexibility index (Phi) is 3.16. The van der Waals surface area contributed by atoms with E-state index in [1.165, 1.54) is 14.2 Å². The third kappa shape index (κ3) is 2.13. The molecule has 0 atom stereocenters. The van der Waals surface area contributed by atoms with Gasteiger partial charge >= 0.3 is 0 Å². The van der Waals surface area contributed by atoms with Crippen LogP contribution in [0.15, 0.2) is 6.07 Å². The zero-order chi connectivity index (χ0) is 9.84. The summed E-state index contributed by atoms with van der Waals surface area (Å²) in [5, 5.41) is 7.76. The summed E-state index contributed by atoms with van der Waals surface area (Å²) in [4.78, 5) is 0. The molecule has 1 heterocycles. The van der Waals surface area contributed by atoms with Gasteiger partial charge in [-0.2, -0.15) is 5.10 Å². The van der Waals surface area contributed by atoms with Gasteiger partial charge in [0.15, 0.2) is 0 Å². The average molecular weight is 183 g/mol. The fraction of sp³-hybridized carbons (Fsp3) is 0.500. The maximum Gasteiger partial charge on any atom is 0.204 e. The van der Waals surface area contributed by atoms with Crippen molar-refractivity contribution in [2.75, 3.05) is 20.0 Å². The molecule has 0 aliphatic carbocycles. The Morgan fingerprint density at radius 1 is 1.31 bits per heavy atom. The van der Waals surface area contributed by atoms with Crippen LogP contribution in [0.4, 0.5) is 5.69 Å². The lowest BCUT2D eigenvalue weighted by atomic mass is 10.3. The van der Waals surface area contributed by atoms with E-state index in [0.717, 1.165) is 5.69 Å². The molecule has 0 aliphatic rings. The molecular formula is C8H13N3O2. The molecule has 0 amide bonds. The number of anilines is 1. The summed E-state index contributed by atoms with van der Waals surface area (Å²) in [5.41, 5.74) is 7.52. The molecule has 2 N–H and O–H groups in total. The lowest BCUT2D eigenvalue weighted by Gasteiger charge is -2.13. The molecule has 0 fully saturated rings. The molecule has 0 aliphatic heterocycles.